The number of carboxylic acids is 1. The van der Waals surface area contributed by atoms with Gasteiger partial charge in [0.25, 0.3) is 0 Å². The Bertz CT molecular complexity index is 1450. The minimum atomic E-state index is -1.04. The maximum absolute atomic E-state index is 13.3. The molecule has 2 heterocycles. The second kappa shape index (κ2) is 10.4. The number of anilines is 1. The summed E-state index contributed by atoms with van der Waals surface area (Å²) >= 11 is 6.29. The Morgan fingerprint density at radius 3 is 2.49 bits per heavy atom. The number of aromatic nitrogens is 2. The minimum Gasteiger partial charge on any atom is -0.618 e. The Hall–Kier alpha value is -4.23. The summed E-state index contributed by atoms with van der Waals surface area (Å²) in [6.07, 6.45) is 5.81. The van der Waals surface area contributed by atoms with E-state index in [0.717, 1.165) is 34.4 Å². The van der Waals surface area contributed by atoms with Gasteiger partial charge in [0.2, 0.25) is 11.6 Å². The van der Waals surface area contributed by atoms with Crippen molar-refractivity contribution in [3.63, 3.8) is 0 Å². The van der Waals surface area contributed by atoms with E-state index in [1.807, 2.05) is 30.3 Å². The molecule has 5 rings (SSSR count). The standard InChI is InChI=1S/C29H24ClN3O4/c30-21-9-12-23(26-3-1-2-14-31-26)24(16-21)20-8-13-27(33(37)17-20)25(15-18-4-5-18)28(34)32-22-10-6-19(7-11-22)29(35)36/h1-3,6-14,16-18,25H,4-5,15H2,(H,32,34)(H,35,36). The Morgan fingerprint density at radius 1 is 1.05 bits per heavy atom. The number of amides is 1. The third-order valence-electron chi connectivity index (χ3n) is 6.52. The number of halogens is 1. The molecule has 0 aliphatic heterocycles. The first-order valence-electron chi connectivity index (χ1n) is 12.0. The van der Waals surface area contributed by atoms with Crippen LogP contribution in [0.4, 0.5) is 5.69 Å². The lowest BCUT2D eigenvalue weighted by atomic mass is 9.94. The molecule has 2 aromatic heterocycles. The first kappa shape index (κ1) is 24.5. The van der Waals surface area contributed by atoms with Crippen molar-refractivity contribution in [2.24, 2.45) is 5.92 Å². The van der Waals surface area contributed by atoms with Crippen LogP contribution in [0.3, 0.4) is 0 Å². The topological polar surface area (TPSA) is 106 Å². The lowest BCUT2D eigenvalue weighted by molar-refractivity contribution is -0.614. The lowest BCUT2D eigenvalue weighted by Crippen LogP contribution is -2.37. The van der Waals surface area contributed by atoms with Crippen LogP contribution in [0, 0.1) is 11.1 Å². The highest BCUT2D eigenvalue weighted by Gasteiger charge is 2.35. The highest BCUT2D eigenvalue weighted by molar-refractivity contribution is 6.31. The molecule has 186 valence electrons. The van der Waals surface area contributed by atoms with Crippen molar-refractivity contribution in [2.75, 3.05) is 5.32 Å². The summed E-state index contributed by atoms with van der Waals surface area (Å²) in [5.74, 6) is -1.59. The van der Waals surface area contributed by atoms with Gasteiger partial charge in [0, 0.05) is 34.1 Å². The van der Waals surface area contributed by atoms with Crippen LogP contribution in [0.15, 0.2) is 85.2 Å². The van der Waals surface area contributed by atoms with E-state index in [9.17, 15) is 14.8 Å². The third kappa shape index (κ3) is 5.62. The molecule has 8 heteroatoms. The smallest absolute Gasteiger partial charge is 0.335 e. The van der Waals surface area contributed by atoms with Crippen LogP contribution in [0.5, 0.6) is 0 Å². The minimum absolute atomic E-state index is 0.131. The van der Waals surface area contributed by atoms with Crippen molar-refractivity contribution < 1.29 is 19.4 Å². The first-order valence-corrected chi connectivity index (χ1v) is 12.4. The first-order chi connectivity index (χ1) is 17.9. The van der Waals surface area contributed by atoms with E-state index in [1.165, 1.54) is 18.3 Å². The van der Waals surface area contributed by atoms with E-state index >= 15 is 0 Å². The molecule has 4 aromatic rings. The van der Waals surface area contributed by atoms with Crippen molar-refractivity contribution in [1.29, 1.82) is 0 Å². The normalized spacial score (nSPS) is 13.6. The van der Waals surface area contributed by atoms with Gasteiger partial charge in [-0.05, 0) is 72.5 Å². The van der Waals surface area contributed by atoms with Crippen LogP contribution in [0.1, 0.15) is 41.2 Å². The molecule has 7 nitrogen and oxygen atoms in total. The number of nitrogens with one attached hydrogen (secondary N) is 1. The number of carbonyl (C=O) groups excluding carboxylic acids is 1. The molecular formula is C29H24ClN3O4. The fraction of sp³-hybridized carbons (Fsp3) is 0.172. The van der Waals surface area contributed by atoms with E-state index in [0.29, 0.717) is 34.3 Å². The van der Waals surface area contributed by atoms with Crippen LogP contribution < -0.4 is 10.0 Å². The van der Waals surface area contributed by atoms with Crippen molar-refractivity contribution in [3.8, 4) is 22.4 Å². The van der Waals surface area contributed by atoms with Gasteiger partial charge in [-0.3, -0.25) is 9.78 Å². The Morgan fingerprint density at radius 2 is 1.84 bits per heavy atom. The molecule has 1 amide bonds. The van der Waals surface area contributed by atoms with Crippen LogP contribution in [-0.4, -0.2) is 22.0 Å². The zero-order valence-electron chi connectivity index (χ0n) is 19.8. The zero-order chi connectivity index (χ0) is 25.9. The molecule has 1 unspecified atom stereocenters. The Labute approximate surface area is 219 Å². The number of nitrogens with zero attached hydrogens (tertiary/aromatic N) is 2. The summed E-state index contributed by atoms with van der Waals surface area (Å²) in [5, 5.41) is 25.8. The largest absolute Gasteiger partial charge is 0.618 e. The molecule has 1 atom stereocenters. The summed E-state index contributed by atoms with van der Waals surface area (Å²) in [5.41, 5.74) is 4.00. The number of pyridine rings is 2. The van der Waals surface area contributed by atoms with Crippen LogP contribution in [0.25, 0.3) is 22.4 Å². The summed E-state index contributed by atoms with van der Waals surface area (Å²) in [6, 6.07) is 20.6. The fourth-order valence-corrected chi connectivity index (χ4v) is 4.57. The Balaban J connectivity index is 1.45. The maximum atomic E-state index is 13.3. The van der Waals surface area contributed by atoms with Gasteiger partial charge >= 0.3 is 5.97 Å². The molecule has 1 aliphatic carbocycles. The van der Waals surface area contributed by atoms with Crippen LogP contribution in [-0.2, 0) is 4.79 Å². The van der Waals surface area contributed by atoms with Crippen molar-refractivity contribution in [3.05, 3.63) is 107 Å². The number of hydrogen-bond donors (Lipinski definition) is 2. The molecular weight excluding hydrogens is 490 g/mol. The predicted molar refractivity (Wildman–Crippen MR) is 141 cm³/mol. The fourth-order valence-electron chi connectivity index (χ4n) is 4.40. The number of benzene rings is 2. The molecule has 2 aromatic carbocycles. The van der Waals surface area contributed by atoms with Gasteiger partial charge in [-0.2, -0.15) is 4.73 Å². The average molecular weight is 514 g/mol. The van der Waals surface area contributed by atoms with Gasteiger partial charge in [-0.25, -0.2) is 4.79 Å². The monoisotopic (exact) mass is 513 g/mol. The second-order valence-corrected chi connectivity index (χ2v) is 9.61. The summed E-state index contributed by atoms with van der Waals surface area (Å²) in [7, 11) is 0. The summed E-state index contributed by atoms with van der Waals surface area (Å²) in [4.78, 5) is 28.8. The third-order valence-corrected chi connectivity index (χ3v) is 6.75. The van der Waals surface area contributed by atoms with E-state index in [-0.39, 0.29) is 11.5 Å². The number of carboxylic acid groups (broad SMARTS) is 1. The van der Waals surface area contributed by atoms with E-state index in [1.54, 1.807) is 36.5 Å². The van der Waals surface area contributed by atoms with E-state index < -0.39 is 11.9 Å². The molecule has 1 fully saturated rings. The van der Waals surface area contributed by atoms with Gasteiger partial charge in [0.15, 0.2) is 6.20 Å². The maximum Gasteiger partial charge on any atom is 0.335 e. The molecule has 1 saturated carbocycles. The van der Waals surface area contributed by atoms with E-state index in [4.69, 9.17) is 16.7 Å². The SMILES string of the molecule is O=C(O)c1ccc(NC(=O)C(CC2CC2)c2ccc(-c3cc(Cl)ccc3-c3ccccn3)c[n+]2[O-])cc1. The molecule has 1 aliphatic rings. The molecule has 2 N–H and O–H groups in total. The lowest BCUT2D eigenvalue weighted by Gasteiger charge is -2.17. The van der Waals surface area contributed by atoms with Gasteiger partial charge in [-0.15, -0.1) is 0 Å². The molecule has 0 radical (unpaired) electrons. The Kier molecular flexibility index (Phi) is 6.88. The van der Waals surface area contributed by atoms with E-state index in [2.05, 4.69) is 10.3 Å². The summed E-state index contributed by atoms with van der Waals surface area (Å²) in [6.45, 7) is 0. The predicted octanol–water partition coefficient (Wildman–Crippen LogP) is 5.92. The highest BCUT2D eigenvalue weighted by atomic mass is 35.5. The van der Waals surface area contributed by atoms with Crippen molar-refractivity contribution >= 4 is 29.2 Å². The number of aromatic carboxylic acids is 1. The number of carbonyl (C=O) groups is 2. The van der Waals surface area contributed by atoms with Crippen molar-refractivity contribution in [1.82, 2.24) is 4.98 Å². The molecule has 37 heavy (non-hydrogen) atoms. The average Bonchev–Trinajstić information content (AvgIpc) is 3.72. The van der Waals surface area contributed by atoms with Crippen LogP contribution in [0.2, 0.25) is 5.02 Å². The number of hydrogen-bond acceptors (Lipinski definition) is 4. The van der Waals surface area contributed by atoms with Crippen LogP contribution >= 0.6 is 11.6 Å². The van der Waals surface area contributed by atoms with Gasteiger partial charge in [-0.1, -0.05) is 36.6 Å². The zero-order valence-corrected chi connectivity index (χ0v) is 20.6. The van der Waals surface area contributed by atoms with Gasteiger partial charge < -0.3 is 15.6 Å². The molecule has 0 spiro atoms. The summed E-state index contributed by atoms with van der Waals surface area (Å²) < 4.78 is 0.762. The molecule has 0 bridgehead atoms. The number of rotatable bonds is 8. The second-order valence-electron chi connectivity index (χ2n) is 9.18. The van der Waals surface area contributed by atoms with Gasteiger partial charge in [0.1, 0.15) is 5.92 Å². The van der Waals surface area contributed by atoms with Gasteiger partial charge in [0.05, 0.1) is 11.3 Å². The highest BCUT2D eigenvalue weighted by Crippen LogP contribution is 2.39. The van der Waals surface area contributed by atoms with Crippen molar-refractivity contribution in [2.45, 2.75) is 25.2 Å². The quantitative estimate of drug-likeness (QED) is 0.224. The molecule has 0 saturated heterocycles.